The van der Waals surface area contributed by atoms with Gasteiger partial charge in [0.25, 0.3) is 5.91 Å². The van der Waals surface area contributed by atoms with Gasteiger partial charge in [-0.25, -0.2) is 0 Å². The van der Waals surface area contributed by atoms with Crippen LogP contribution in [-0.2, 0) is 19.7 Å². The van der Waals surface area contributed by atoms with Gasteiger partial charge in [0.1, 0.15) is 18.1 Å². The first-order valence-electron chi connectivity index (χ1n) is 11.3. The van der Waals surface area contributed by atoms with Crippen LogP contribution < -0.4 is 4.74 Å². The lowest BCUT2D eigenvalue weighted by Gasteiger charge is -2.34. The Hall–Kier alpha value is -3.39. The summed E-state index contributed by atoms with van der Waals surface area (Å²) >= 11 is 0. The van der Waals surface area contributed by atoms with Gasteiger partial charge in [-0.2, -0.15) is 5.10 Å². The topological polar surface area (TPSA) is 80.8 Å². The molecule has 3 heterocycles. The van der Waals surface area contributed by atoms with Gasteiger partial charge in [0.2, 0.25) is 0 Å². The van der Waals surface area contributed by atoms with Gasteiger partial charge in [-0.15, -0.1) is 0 Å². The fraction of sp³-hybridized carbons (Fsp3) is 0.400. The van der Waals surface area contributed by atoms with Crippen LogP contribution in [-0.4, -0.2) is 57.4 Å². The van der Waals surface area contributed by atoms with Crippen molar-refractivity contribution < 1.29 is 18.7 Å². The Balaban J connectivity index is 1.27. The van der Waals surface area contributed by atoms with Gasteiger partial charge in [-0.3, -0.25) is 19.2 Å². The Bertz CT molecular complexity index is 1110. The molecular weight excluding hydrogens is 420 g/mol. The van der Waals surface area contributed by atoms with Crippen LogP contribution in [0.25, 0.3) is 0 Å². The van der Waals surface area contributed by atoms with E-state index in [0.29, 0.717) is 35.9 Å². The van der Waals surface area contributed by atoms with Crippen LogP contribution in [0.3, 0.4) is 0 Å². The molecule has 174 valence electrons. The number of ketones is 1. The molecule has 0 radical (unpaired) electrons. The molecule has 1 aromatic carbocycles. The van der Waals surface area contributed by atoms with E-state index in [-0.39, 0.29) is 18.3 Å². The molecule has 1 saturated heterocycles. The largest absolute Gasteiger partial charge is 0.486 e. The van der Waals surface area contributed by atoms with Crippen molar-refractivity contribution >= 4 is 11.7 Å². The number of furan rings is 1. The van der Waals surface area contributed by atoms with Crippen LogP contribution in [0.1, 0.15) is 51.8 Å². The molecule has 1 aliphatic rings. The zero-order valence-corrected chi connectivity index (χ0v) is 19.4. The number of aromatic nitrogens is 2. The summed E-state index contributed by atoms with van der Waals surface area (Å²) in [7, 11) is 0. The predicted octanol–water partition coefficient (Wildman–Crippen LogP) is 3.54. The molecule has 2 aromatic heterocycles. The van der Waals surface area contributed by atoms with Gasteiger partial charge in [-0.05, 0) is 57.2 Å². The Labute approximate surface area is 193 Å². The predicted molar refractivity (Wildman–Crippen MR) is 123 cm³/mol. The van der Waals surface area contributed by atoms with Crippen molar-refractivity contribution in [3.05, 3.63) is 70.9 Å². The van der Waals surface area contributed by atoms with E-state index >= 15 is 0 Å². The number of rotatable bonds is 8. The number of aryl methyl sites for hydroxylation is 2. The van der Waals surface area contributed by atoms with E-state index in [2.05, 4.69) is 23.1 Å². The second-order valence-electron chi connectivity index (χ2n) is 8.30. The normalized spacial score (nSPS) is 14.5. The zero-order valence-electron chi connectivity index (χ0n) is 19.4. The first-order chi connectivity index (χ1) is 15.9. The van der Waals surface area contributed by atoms with Crippen LogP contribution in [0.15, 0.2) is 47.0 Å². The third-order valence-corrected chi connectivity index (χ3v) is 5.94. The van der Waals surface area contributed by atoms with Crippen molar-refractivity contribution in [1.29, 1.82) is 0 Å². The summed E-state index contributed by atoms with van der Waals surface area (Å²) in [5.41, 5.74) is 2.94. The number of ether oxygens (including phenoxy) is 1. The van der Waals surface area contributed by atoms with Gasteiger partial charge >= 0.3 is 0 Å². The molecular formula is C25H30N4O4. The summed E-state index contributed by atoms with van der Waals surface area (Å²) in [6, 6.07) is 10.4. The first kappa shape index (κ1) is 22.8. The summed E-state index contributed by atoms with van der Waals surface area (Å²) < 4.78 is 13.4. The van der Waals surface area contributed by atoms with Gasteiger partial charge in [0.15, 0.2) is 11.5 Å². The lowest BCUT2D eigenvalue weighted by Crippen LogP contribution is -2.48. The fourth-order valence-electron chi connectivity index (χ4n) is 3.89. The second-order valence-corrected chi connectivity index (χ2v) is 8.30. The summed E-state index contributed by atoms with van der Waals surface area (Å²) in [6.45, 7) is 10.5. The van der Waals surface area contributed by atoms with E-state index in [0.717, 1.165) is 31.9 Å². The van der Waals surface area contributed by atoms with E-state index in [9.17, 15) is 9.59 Å². The monoisotopic (exact) mass is 450 g/mol. The highest BCUT2D eigenvalue weighted by atomic mass is 16.5. The minimum Gasteiger partial charge on any atom is -0.486 e. The molecule has 1 aliphatic heterocycles. The number of hydrogen-bond acceptors (Lipinski definition) is 6. The smallest absolute Gasteiger partial charge is 0.289 e. The van der Waals surface area contributed by atoms with E-state index < -0.39 is 0 Å². The van der Waals surface area contributed by atoms with Crippen molar-refractivity contribution in [2.24, 2.45) is 0 Å². The fourth-order valence-corrected chi connectivity index (χ4v) is 3.89. The van der Waals surface area contributed by atoms with Crippen molar-refractivity contribution in [3.63, 3.8) is 0 Å². The van der Waals surface area contributed by atoms with E-state index in [1.54, 1.807) is 36.4 Å². The molecule has 1 fully saturated rings. The molecule has 3 aromatic rings. The summed E-state index contributed by atoms with van der Waals surface area (Å²) in [5.74, 6) is 1.46. The lowest BCUT2D eigenvalue weighted by molar-refractivity contribution is 0.0593. The number of Topliss-reactive ketones (excluding diaryl/α,β-unsaturated/α-hetero) is 1. The Morgan fingerprint density at radius 3 is 2.42 bits per heavy atom. The maximum absolute atomic E-state index is 12.9. The number of carbonyl (C=O) groups excluding carboxylic acids is 2. The highest BCUT2D eigenvalue weighted by Crippen LogP contribution is 2.18. The molecule has 0 saturated carbocycles. The van der Waals surface area contributed by atoms with Crippen molar-refractivity contribution in [1.82, 2.24) is 19.6 Å². The summed E-state index contributed by atoms with van der Waals surface area (Å²) in [4.78, 5) is 28.4. The third kappa shape index (κ3) is 5.51. The molecule has 8 heteroatoms. The van der Waals surface area contributed by atoms with Crippen molar-refractivity contribution in [2.75, 3.05) is 26.2 Å². The Morgan fingerprint density at radius 1 is 1.06 bits per heavy atom. The van der Waals surface area contributed by atoms with Crippen LogP contribution in [0.2, 0.25) is 0 Å². The number of amides is 1. The number of piperazine rings is 1. The second kappa shape index (κ2) is 10.0. The first-order valence-corrected chi connectivity index (χ1v) is 11.3. The lowest BCUT2D eigenvalue weighted by atomic mass is 10.1. The number of benzene rings is 1. The molecule has 4 rings (SSSR count). The number of nitrogens with zero attached hydrogens (tertiary/aromatic N) is 4. The number of carbonyl (C=O) groups is 2. The average molecular weight is 451 g/mol. The molecule has 33 heavy (non-hydrogen) atoms. The molecule has 8 nitrogen and oxygen atoms in total. The van der Waals surface area contributed by atoms with Gasteiger partial charge in [-0.1, -0.05) is 0 Å². The molecule has 0 bridgehead atoms. The van der Waals surface area contributed by atoms with E-state index in [1.807, 2.05) is 16.5 Å². The van der Waals surface area contributed by atoms with Crippen LogP contribution >= 0.6 is 0 Å². The maximum atomic E-state index is 12.9. The molecule has 0 atom stereocenters. The summed E-state index contributed by atoms with van der Waals surface area (Å²) in [6.07, 6.45) is 2.11. The minimum atomic E-state index is -0.0957. The molecule has 0 unspecified atom stereocenters. The highest BCUT2D eigenvalue weighted by Gasteiger charge is 2.25. The maximum Gasteiger partial charge on any atom is 0.289 e. The van der Waals surface area contributed by atoms with Crippen LogP contribution in [0.4, 0.5) is 0 Å². The van der Waals surface area contributed by atoms with Crippen LogP contribution in [0.5, 0.6) is 5.75 Å². The Morgan fingerprint density at radius 2 is 1.79 bits per heavy atom. The average Bonchev–Trinajstić information content (AvgIpc) is 3.44. The van der Waals surface area contributed by atoms with Gasteiger partial charge in [0, 0.05) is 56.6 Å². The molecule has 0 spiro atoms. The van der Waals surface area contributed by atoms with Gasteiger partial charge in [0.05, 0.1) is 5.69 Å². The standard InChI is InChI=1S/C25H30N4O4/c1-4-29-16-21(18(2)26-29)15-27-11-13-28(14-12-27)25(31)24-10-9-23(33-24)17-32-22-7-5-20(6-8-22)19(3)30/h5-10,16H,4,11-15,17H2,1-3H3. The zero-order chi connectivity index (χ0) is 23.4. The van der Waals surface area contributed by atoms with Crippen LogP contribution in [0, 0.1) is 6.92 Å². The Kier molecular flexibility index (Phi) is 6.93. The quantitative estimate of drug-likeness (QED) is 0.489. The summed E-state index contributed by atoms with van der Waals surface area (Å²) in [5, 5.41) is 4.51. The van der Waals surface area contributed by atoms with Gasteiger partial charge < -0.3 is 14.1 Å². The SMILES string of the molecule is CCn1cc(CN2CCN(C(=O)c3ccc(COc4ccc(C(C)=O)cc4)o3)CC2)c(C)n1. The molecule has 0 N–H and O–H groups in total. The molecule has 0 aliphatic carbocycles. The van der Waals surface area contributed by atoms with Crippen molar-refractivity contribution in [2.45, 2.75) is 40.5 Å². The van der Waals surface area contributed by atoms with E-state index in [1.165, 1.54) is 12.5 Å². The van der Waals surface area contributed by atoms with Crippen molar-refractivity contribution in [3.8, 4) is 5.75 Å². The molecule has 1 amide bonds. The minimum absolute atomic E-state index is 0.0132. The number of hydrogen-bond donors (Lipinski definition) is 0. The van der Waals surface area contributed by atoms with E-state index in [4.69, 9.17) is 9.15 Å². The third-order valence-electron chi connectivity index (χ3n) is 5.94. The highest BCUT2D eigenvalue weighted by molar-refractivity contribution is 5.94.